The van der Waals surface area contributed by atoms with Crippen LogP contribution < -0.4 is 5.32 Å². The Morgan fingerprint density at radius 3 is 2.59 bits per heavy atom. The Kier molecular flexibility index (Phi) is 5.30. The summed E-state index contributed by atoms with van der Waals surface area (Å²) in [5.41, 5.74) is 0. The Morgan fingerprint density at radius 1 is 1.12 bits per heavy atom. The predicted molar refractivity (Wildman–Crippen MR) is 74.3 cm³/mol. The summed E-state index contributed by atoms with van der Waals surface area (Å²) >= 11 is 0. The van der Waals surface area contributed by atoms with Gasteiger partial charge in [-0.3, -0.25) is 4.90 Å². The van der Waals surface area contributed by atoms with E-state index >= 15 is 0 Å². The minimum Gasteiger partial charge on any atom is -0.313 e. The lowest BCUT2D eigenvalue weighted by Crippen LogP contribution is -2.49. The highest BCUT2D eigenvalue weighted by atomic mass is 15.2. The first kappa shape index (κ1) is 13.4. The van der Waals surface area contributed by atoms with Crippen LogP contribution in [0.2, 0.25) is 0 Å². The van der Waals surface area contributed by atoms with Crippen molar-refractivity contribution in [3.05, 3.63) is 0 Å². The van der Waals surface area contributed by atoms with Crippen molar-refractivity contribution < 1.29 is 0 Å². The quantitative estimate of drug-likeness (QED) is 0.792. The van der Waals surface area contributed by atoms with Crippen LogP contribution in [0.1, 0.15) is 58.8 Å². The van der Waals surface area contributed by atoms with Gasteiger partial charge < -0.3 is 5.32 Å². The molecule has 1 aliphatic carbocycles. The number of likely N-dealkylation sites (tertiary alicyclic amines) is 1. The first-order valence-corrected chi connectivity index (χ1v) is 7.73. The average Bonchev–Trinajstić information content (AvgIpc) is 2.82. The molecule has 2 rings (SSSR count). The molecule has 1 aliphatic heterocycles. The van der Waals surface area contributed by atoms with E-state index in [2.05, 4.69) is 24.1 Å². The number of hydrogen-bond donors (Lipinski definition) is 1. The van der Waals surface area contributed by atoms with E-state index in [-0.39, 0.29) is 0 Å². The standard InChI is InChI=1S/C15H30N2/c1-13(2)9-10-16-14-6-5-11-17(12-14)15-7-3-4-8-15/h13-16H,3-12H2,1-2H3. The summed E-state index contributed by atoms with van der Waals surface area (Å²) in [6.45, 7) is 8.50. The monoisotopic (exact) mass is 238 g/mol. The SMILES string of the molecule is CC(C)CCNC1CCCN(C2CCCC2)C1. The van der Waals surface area contributed by atoms with Gasteiger partial charge in [0.2, 0.25) is 0 Å². The average molecular weight is 238 g/mol. The maximum Gasteiger partial charge on any atom is 0.0195 e. The van der Waals surface area contributed by atoms with Gasteiger partial charge in [0.15, 0.2) is 0 Å². The molecule has 1 N–H and O–H groups in total. The third-order valence-electron chi connectivity index (χ3n) is 4.45. The minimum absolute atomic E-state index is 0.767. The molecule has 2 heteroatoms. The molecular formula is C15H30N2. The molecule has 1 unspecified atom stereocenters. The van der Waals surface area contributed by atoms with Gasteiger partial charge in [-0.15, -0.1) is 0 Å². The van der Waals surface area contributed by atoms with Crippen molar-refractivity contribution in [3.8, 4) is 0 Å². The van der Waals surface area contributed by atoms with Crippen molar-refractivity contribution in [1.29, 1.82) is 0 Å². The lowest BCUT2D eigenvalue weighted by molar-refractivity contribution is 0.138. The largest absolute Gasteiger partial charge is 0.313 e. The molecular weight excluding hydrogens is 208 g/mol. The van der Waals surface area contributed by atoms with E-state index < -0.39 is 0 Å². The summed E-state index contributed by atoms with van der Waals surface area (Å²) in [7, 11) is 0. The summed E-state index contributed by atoms with van der Waals surface area (Å²) in [6, 6.07) is 1.69. The fraction of sp³-hybridized carbons (Fsp3) is 1.00. The zero-order valence-electron chi connectivity index (χ0n) is 11.8. The smallest absolute Gasteiger partial charge is 0.0195 e. The third-order valence-corrected chi connectivity index (χ3v) is 4.45. The summed E-state index contributed by atoms with van der Waals surface area (Å²) in [6.07, 6.45) is 9.95. The summed E-state index contributed by atoms with van der Waals surface area (Å²) < 4.78 is 0. The van der Waals surface area contributed by atoms with E-state index in [1.165, 1.54) is 64.6 Å². The van der Waals surface area contributed by atoms with Crippen LogP contribution in [-0.2, 0) is 0 Å². The van der Waals surface area contributed by atoms with E-state index in [9.17, 15) is 0 Å². The van der Waals surface area contributed by atoms with Crippen LogP contribution >= 0.6 is 0 Å². The molecule has 17 heavy (non-hydrogen) atoms. The third kappa shape index (κ3) is 4.26. The predicted octanol–water partition coefficient (Wildman–Crippen LogP) is 3.03. The molecule has 1 atom stereocenters. The van der Waals surface area contributed by atoms with Crippen molar-refractivity contribution in [2.45, 2.75) is 70.9 Å². The Hall–Kier alpha value is -0.0800. The summed E-state index contributed by atoms with van der Waals surface area (Å²) in [4.78, 5) is 2.77. The van der Waals surface area contributed by atoms with Gasteiger partial charge in [0.1, 0.15) is 0 Å². The molecule has 1 saturated carbocycles. The zero-order chi connectivity index (χ0) is 12.1. The van der Waals surface area contributed by atoms with Gasteiger partial charge in [-0.1, -0.05) is 26.7 Å². The van der Waals surface area contributed by atoms with Crippen LogP contribution in [-0.4, -0.2) is 36.6 Å². The van der Waals surface area contributed by atoms with Gasteiger partial charge in [0.25, 0.3) is 0 Å². The van der Waals surface area contributed by atoms with Crippen molar-refractivity contribution in [3.63, 3.8) is 0 Å². The second kappa shape index (κ2) is 6.75. The first-order chi connectivity index (χ1) is 8.25. The molecule has 0 amide bonds. The highest BCUT2D eigenvalue weighted by Crippen LogP contribution is 2.26. The molecule has 100 valence electrons. The number of nitrogens with one attached hydrogen (secondary N) is 1. The lowest BCUT2D eigenvalue weighted by atomic mass is 10.0. The van der Waals surface area contributed by atoms with Crippen molar-refractivity contribution in [2.75, 3.05) is 19.6 Å². The molecule has 0 bridgehead atoms. The maximum absolute atomic E-state index is 3.76. The molecule has 2 aliphatic rings. The molecule has 0 spiro atoms. The molecule has 1 heterocycles. The Labute approximate surface area is 107 Å². The molecule has 0 aromatic heterocycles. The van der Waals surface area contributed by atoms with E-state index in [1.807, 2.05) is 0 Å². The topological polar surface area (TPSA) is 15.3 Å². The van der Waals surface area contributed by atoms with E-state index in [1.54, 1.807) is 0 Å². The lowest BCUT2D eigenvalue weighted by Gasteiger charge is -2.37. The van der Waals surface area contributed by atoms with E-state index in [4.69, 9.17) is 0 Å². The number of hydrogen-bond acceptors (Lipinski definition) is 2. The Bertz CT molecular complexity index is 209. The zero-order valence-corrected chi connectivity index (χ0v) is 11.8. The second-order valence-electron chi connectivity index (χ2n) is 6.41. The van der Waals surface area contributed by atoms with Crippen LogP contribution in [0.4, 0.5) is 0 Å². The second-order valence-corrected chi connectivity index (χ2v) is 6.41. The Morgan fingerprint density at radius 2 is 1.88 bits per heavy atom. The maximum atomic E-state index is 3.76. The van der Waals surface area contributed by atoms with E-state index in [0.717, 1.165) is 18.0 Å². The van der Waals surface area contributed by atoms with Crippen molar-refractivity contribution >= 4 is 0 Å². The molecule has 0 aromatic rings. The van der Waals surface area contributed by atoms with Gasteiger partial charge in [-0.2, -0.15) is 0 Å². The minimum atomic E-state index is 0.767. The fourth-order valence-electron chi connectivity index (χ4n) is 3.35. The van der Waals surface area contributed by atoms with Crippen molar-refractivity contribution in [1.82, 2.24) is 10.2 Å². The Balaban J connectivity index is 1.69. The molecule has 2 nitrogen and oxygen atoms in total. The van der Waals surface area contributed by atoms with Crippen LogP contribution in [0.3, 0.4) is 0 Å². The summed E-state index contributed by atoms with van der Waals surface area (Å²) in [5.74, 6) is 0.831. The summed E-state index contributed by atoms with van der Waals surface area (Å²) in [5, 5.41) is 3.76. The van der Waals surface area contributed by atoms with Crippen LogP contribution in [0, 0.1) is 5.92 Å². The molecule has 2 fully saturated rings. The number of rotatable bonds is 5. The normalized spacial score (nSPS) is 28.1. The van der Waals surface area contributed by atoms with Crippen LogP contribution in [0.25, 0.3) is 0 Å². The number of piperidine rings is 1. The van der Waals surface area contributed by atoms with Gasteiger partial charge >= 0.3 is 0 Å². The molecule has 0 aromatic carbocycles. The van der Waals surface area contributed by atoms with Gasteiger partial charge in [0, 0.05) is 18.6 Å². The van der Waals surface area contributed by atoms with Crippen LogP contribution in [0.15, 0.2) is 0 Å². The highest BCUT2D eigenvalue weighted by molar-refractivity contribution is 4.85. The molecule has 0 radical (unpaired) electrons. The first-order valence-electron chi connectivity index (χ1n) is 7.73. The fourth-order valence-corrected chi connectivity index (χ4v) is 3.35. The van der Waals surface area contributed by atoms with Gasteiger partial charge in [0.05, 0.1) is 0 Å². The number of nitrogens with zero attached hydrogens (tertiary/aromatic N) is 1. The van der Waals surface area contributed by atoms with Crippen LogP contribution in [0.5, 0.6) is 0 Å². The highest BCUT2D eigenvalue weighted by Gasteiger charge is 2.27. The van der Waals surface area contributed by atoms with Gasteiger partial charge in [-0.25, -0.2) is 0 Å². The van der Waals surface area contributed by atoms with Gasteiger partial charge in [-0.05, 0) is 51.1 Å². The molecule has 1 saturated heterocycles. The van der Waals surface area contributed by atoms with E-state index in [0.29, 0.717) is 0 Å². The van der Waals surface area contributed by atoms with Crippen molar-refractivity contribution in [2.24, 2.45) is 5.92 Å².